The molecule has 2 atom stereocenters. The smallest absolute Gasteiger partial charge is 0.0588 e. The largest absolute Gasteiger partial charge is 0.118 e. The molecule has 0 saturated heterocycles. The zero-order valence-corrected chi connectivity index (χ0v) is 10.9. The molecule has 2 unspecified atom stereocenters. The van der Waals surface area contributed by atoms with Crippen molar-refractivity contribution in [3.8, 4) is 0 Å². The number of benzene rings is 1. The van der Waals surface area contributed by atoms with E-state index in [0.717, 1.165) is 6.42 Å². The molecule has 1 aromatic carbocycles. The van der Waals surface area contributed by atoms with Crippen molar-refractivity contribution < 1.29 is 0 Å². The van der Waals surface area contributed by atoms with Crippen molar-refractivity contribution in [1.82, 2.24) is 0 Å². The molecule has 1 aromatic rings. The molecule has 0 aliphatic heterocycles. The third-order valence-corrected chi connectivity index (χ3v) is 3.63. The second kappa shape index (κ2) is 5.03. The molecular formula is C14H21Cl. The van der Waals surface area contributed by atoms with Gasteiger partial charge in [-0.15, -0.1) is 11.6 Å². The van der Waals surface area contributed by atoms with Gasteiger partial charge in [0.05, 0.1) is 5.38 Å². The molecule has 0 aliphatic carbocycles. The average molecular weight is 225 g/mol. The quantitative estimate of drug-likeness (QED) is 0.631. The molecule has 1 rings (SSSR count). The Morgan fingerprint density at radius 1 is 1.13 bits per heavy atom. The van der Waals surface area contributed by atoms with Gasteiger partial charge in [0.2, 0.25) is 0 Å². The van der Waals surface area contributed by atoms with Gasteiger partial charge in [0, 0.05) is 0 Å². The van der Waals surface area contributed by atoms with Gasteiger partial charge in [0.25, 0.3) is 0 Å². The standard InChI is InChI=1S/C14H21Cl/c1-11(14(2,3)4)10-13(15)12-8-6-5-7-9-12/h5-9,11,13H,10H2,1-4H3. The number of hydrogen-bond donors (Lipinski definition) is 0. The highest BCUT2D eigenvalue weighted by molar-refractivity contribution is 6.20. The van der Waals surface area contributed by atoms with E-state index in [1.54, 1.807) is 0 Å². The number of alkyl halides is 1. The molecule has 0 bridgehead atoms. The van der Waals surface area contributed by atoms with Gasteiger partial charge >= 0.3 is 0 Å². The van der Waals surface area contributed by atoms with E-state index in [1.165, 1.54) is 5.56 Å². The van der Waals surface area contributed by atoms with E-state index in [2.05, 4.69) is 39.8 Å². The van der Waals surface area contributed by atoms with Gasteiger partial charge in [-0.25, -0.2) is 0 Å². The van der Waals surface area contributed by atoms with E-state index < -0.39 is 0 Å². The molecule has 1 heteroatoms. The number of halogens is 1. The van der Waals surface area contributed by atoms with E-state index in [0.29, 0.717) is 11.3 Å². The lowest BCUT2D eigenvalue weighted by molar-refractivity contribution is 0.245. The lowest BCUT2D eigenvalue weighted by Gasteiger charge is -2.29. The Morgan fingerprint density at radius 3 is 2.13 bits per heavy atom. The average Bonchev–Trinajstić information content (AvgIpc) is 2.17. The lowest BCUT2D eigenvalue weighted by atomic mass is 9.79. The maximum Gasteiger partial charge on any atom is 0.0588 e. The fourth-order valence-electron chi connectivity index (χ4n) is 1.46. The Hall–Kier alpha value is -0.490. The Bertz CT molecular complexity index is 284. The highest BCUT2D eigenvalue weighted by Crippen LogP contribution is 2.36. The van der Waals surface area contributed by atoms with Crippen LogP contribution in [0.25, 0.3) is 0 Å². The zero-order valence-electron chi connectivity index (χ0n) is 10.1. The first-order valence-corrected chi connectivity index (χ1v) is 6.04. The maximum absolute atomic E-state index is 6.41. The summed E-state index contributed by atoms with van der Waals surface area (Å²) in [7, 11) is 0. The van der Waals surface area contributed by atoms with Crippen molar-refractivity contribution in [3.05, 3.63) is 35.9 Å². The van der Waals surface area contributed by atoms with Crippen molar-refractivity contribution in [2.24, 2.45) is 11.3 Å². The van der Waals surface area contributed by atoms with Crippen LogP contribution in [-0.4, -0.2) is 0 Å². The SMILES string of the molecule is CC(CC(Cl)c1ccccc1)C(C)(C)C. The van der Waals surface area contributed by atoms with Crippen LogP contribution < -0.4 is 0 Å². The fourth-order valence-corrected chi connectivity index (χ4v) is 1.87. The van der Waals surface area contributed by atoms with Crippen LogP contribution in [-0.2, 0) is 0 Å². The first-order valence-electron chi connectivity index (χ1n) is 5.60. The van der Waals surface area contributed by atoms with Crippen LogP contribution in [0.4, 0.5) is 0 Å². The summed E-state index contributed by atoms with van der Waals surface area (Å²) in [5.74, 6) is 0.625. The third kappa shape index (κ3) is 3.87. The highest BCUT2D eigenvalue weighted by atomic mass is 35.5. The van der Waals surface area contributed by atoms with Crippen molar-refractivity contribution in [1.29, 1.82) is 0 Å². The summed E-state index contributed by atoms with van der Waals surface area (Å²) in [5, 5.41) is 0.139. The van der Waals surface area contributed by atoms with Gasteiger partial charge < -0.3 is 0 Å². The van der Waals surface area contributed by atoms with Crippen LogP contribution >= 0.6 is 11.6 Å². The van der Waals surface area contributed by atoms with Crippen molar-refractivity contribution in [3.63, 3.8) is 0 Å². The highest BCUT2D eigenvalue weighted by Gasteiger charge is 2.23. The molecule has 0 heterocycles. The van der Waals surface area contributed by atoms with Crippen LogP contribution in [0.5, 0.6) is 0 Å². The zero-order chi connectivity index (χ0) is 11.5. The summed E-state index contributed by atoms with van der Waals surface area (Å²) in [6, 6.07) is 10.3. The van der Waals surface area contributed by atoms with E-state index >= 15 is 0 Å². The molecule has 0 saturated carbocycles. The van der Waals surface area contributed by atoms with Crippen molar-refractivity contribution >= 4 is 11.6 Å². The monoisotopic (exact) mass is 224 g/mol. The van der Waals surface area contributed by atoms with Gasteiger partial charge in [-0.1, -0.05) is 58.0 Å². The van der Waals surface area contributed by atoms with Gasteiger partial charge in [0.1, 0.15) is 0 Å². The maximum atomic E-state index is 6.41. The van der Waals surface area contributed by atoms with E-state index in [4.69, 9.17) is 11.6 Å². The molecule has 0 amide bonds. The third-order valence-electron chi connectivity index (χ3n) is 3.20. The second-order valence-electron chi connectivity index (χ2n) is 5.38. The van der Waals surface area contributed by atoms with Crippen molar-refractivity contribution in [2.45, 2.75) is 39.5 Å². The summed E-state index contributed by atoms with van der Waals surface area (Å²) in [6.45, 7) is 9.09. The van der Waals surface area contributed by atoms with Gasteiger partial charge in [-0.05, 0) is 23.3 Å². The Morgan fingerprint density at radius 2 is 1.67 bits per heavy atom. The van der Waals surface area contributed by atoms with Crippen molar-refractivity contribution in [2.75, 3.05) is 0 Å². The minimum Gasteiger partial charge on any atom is -0.118 e. The predicted molar refractivity (Wildman–Crippen MR) is 68.3 cm³/mol. The first kappa shape index (κ1) is 12.6. The topological polar surface area (TPSA) is 0 Å². The molecule has 0 radical (unpaired) electrons. The molecular weight excluding hydrogens is 204 g/mol. The van der Waals surface area contributed by atoms with E-state index in [9.17, 15) is 0 Å². The molecule has 0 spiro atoms. The van der Waals surface area contributed by atoms with E-state index in [1.807, 2.05) is 18.2 Å². The van der Waals surface area contributed by atoms with Crippen LogP contribution in [0.15, 0.2) is 30.3 Å². The molecule has 0 aromatic heterocycles. The Kier molecular flexibility index (Phi) is 4.21. The Balaban J connectivity index is 2.61. The summed E-state index contributed by atoms with van der Waals surface area (Å²) in [6.07, 6.45) is 1.04. The van der Waals surface area contributed by atoms with E-state index in [-0.39, 0.29) is 5.38 Å². The van der Waals surface area contributed by atoms with Crippen LogP contribution in [0.1, 0.15) is 45.1 Å². The van der Waals surface area contributed by atoms with Crippen LogP contribution in [0.2, 0.25) is 0 Å². The minimum absolute atomic E-state index is 0.139. The summed E-state index contributed by atoms with van der Waals surface area (Å²) in [5.41, 5.74) is 1.57. The summed E-state index contributed by atoms with van der Waals surface area (Å²) < 4.78 is 0. The Labute approximate surface area is 98.7 Å². The molecule has 0 N–H and O–H groups in total. The summed E-state index contributed by atoms with van der Waals surface area (Å²) in [4.78, 5) is 0. The van der Waals surface area contributed by atoms with Crippen LogP contribution in [0.3, 0.4) is 0 Å². The molecule has 0 nitrogen and oxygen atoms in total. The summed E-state index contributed by atoms with van der Waals surface area (Å²) >= 11 is 6.41. The molecule has 15 heavy (non-hydrogen) atoms. The molecule has 0 fully saturated rings. The second-order valence-corrected chi connectivity index (χ2v) is 5.91. The number of rotatable bonds is 3. The number of hydrogen-bond acceptors (Lipinski definition) is 0. The lowest BCUT2D eigenvalue weighted by Crippen LogP contribution is -2.18. The van der Waals surface area contributed by atoms with Gasteiger partial charge in [0.15, 0.2) is 0 Å². The molecule has 0 aliphatic rings. The van der Waals surface area contributed by atoms with Crippen LogP contribution in [0, 0.1) is 11.3 Å². The first-order chi connectivity index (χ1) is 6.91. The molecule has 84 valence electrons. The minimum atomic E-state index is 0.139. The fraction of sp³-hybridized carbons (Fsp3) is 0.571. The predicted octanol–water partition coefficient (Wildman–Crippen LogP) is 5.04. The normalized spacial score (nSPS) is 16.1. The van der Waals surface area contributed by atoms with Gasteiger partial charge in [-0.2, -0.15) is 0 Å². The van der Waals surface area contributed by atoms with Gasteiger partial charge in [-0.3, -0.25) is 0 Å².